The first-order valence-electron chi connectivity index (χ1n) is 15.3. The molecule has 1 aromatic heterocycles. The molecule has 2 N–H and O–H groups in total. The van der Waals surface area contributed by atoms with Gasteiger partial charge >= 0.3 is 5.97 Å². The minimum Gasteiger partial charge on any atom is -0.496 e. The molecule has 10 heteroatoms. The number of carboxylic acids is 1. The normalized spacial score (nSPS) is 27.9. The highest BCUT2D eigenvalue weighted by molar-refractivity contribution is 5.94. The van der Waals surface area contributed by atoms with Crippen molar-refractivity contribution in [3.63, 3.8) is 0 Å². The highest BCUT2D eigenvalue weighted by atomic mass is 16.5. The second kappa shape index (κ2) is 11.9. The van der Waals surface area contributed by atoms with E-state index in [-0.39, 0.29) is 18.2 Å². The average Bonchev–Trinajstić information content (AvgIpc) is 3.56. The first kappa shape index (κ1) is 29.6. The number of carbonyl (C=O) groups is 3. The summed E-state index contributed by atoms with van der Waals surface area (Å²) in [6.07, 6.45) is 6.83. The van der Waals surface area contributed by atoms with Crippen molar-refractivity contribution >= 4 is 28.7 Å². The molecule has 2 saturated carbocycles. The van der Waals surface area contributed by atoms with Crippen molar-refractivity contribution in [2.45, 2.75) is 57.1 Å². The third kappa shape index (κ3) is 5.60. The Labute approximate surface area is 256 Å². The molecular formula is C34H38N4O6. The van der Waals surface area contributed by atoms with Crippen LogP contribution < -0.4 is 14.8 Å². The van der Waals surface area contributed by atoms with Crippen molar-refractivity contribution in [2.24, 2.45) is 17.8 Å². The lowest BCUT2D eigenvalue weighted by atomic mass is 9.93. The first-order chi connectivity index (χ1) is 21.2. The molecule has 3 aliphatic rings. The van der Waals surface area contributed by atoms with Crippen molar-refractivity contribution in [1.29, 1.82) is 0 Å². The molecule has 2 fully saturated rings. The molecule has 2 heterocycles. The van der Waals surface area contributed by atoms with Crippen LogP contribution in [0, 0.1) is 24.7 Å². The summed E-state index contributed by atoms with van der Waals surface area (Å²) in [6.45, 7) is 2.52. The van der Waals surface area contributed by atoms with E-state index in [0.29, 0.717) is 47.7 Å². The lowest BCUT2D eigenvalue weighted by Gasteiger charge is -2.26. The Bertz CT molecular complexity index is 1620. The van der Waals surface area contributed by atoms with Gasteiger partial charge in [0.15, 0.2) is 5.82 Å². The smallest absolute Gasteiger partial charge is 0.330 e. The number of hydrogen-bond acceptors (Lipinski definition) is 7. The van der Waals surface area contributed by atoms with E-state index >= 15 is 0 Å². The van der Waals surface area contributed by atoms with Gasteiger partial charge in [0.1, 0.15) is 17.4 Å². The summed E-state index contributed by atoms with van der Waals surface area (Å²) in [5.41, 5.74) is 1.03. The molecule has 44 heavy (non-hydrogen) atoms. The Hall–Kier alpha value is -4.47. The number of methoxy groups -OCH3 is 1. The van der Waals surface area contributed by atoms with Crippen LogP contribution in [0.1, 0.15) is 44.1 Å². The summed E-state index contributed by atoms with van der Waals surface area (Å²) in [4.78, 5) is 51.1. The van der Waals surface area contributed by atoms with Crippen LogP contribution in [0.15, 0.2) is 54.6 Å². The second-order valence-electron chi connectivity index (χ2n) is 12.2. The Morgan fingerprint density at radius 3 is 2.61 bits per heavy atom. The fourth-order valence-electron chi connectivity index (χ4n) is 6.61. The van der Waals surface area contributed by atoms with Crippen LogP contribution in [0.2, 0.25) is 0 Å². The minimum absolute atomic E-state index is 0.126. The van der Waals surface area contributed by atoms with Crippen LogP contribution in [0.3, 0.4) is 0 Å². The van der Waals surface area contributed by atoms with Gasteiger partial charge in [0, 0.05) is 31.1 Å². The maximum Gasteiger partial charge on any atom is 0.330 e. The standard InChI is InChI=1S/C34H38N4O6/c1-20-15-26-27(18-28(20)43-3)35-29(21-11-7-6-8-12-21)36-31(26)44-23-16-24-25(17-23)32(40)38(2)14-10-5-4-9-13-22-19-34(22,33(41)42)37-30(24)39/h6-9,11-13,15,18,22-25H,4-5,10,14,16-17,19H2,1-3H3,(H,37,39)(H,41,42)/b13-9-/t22-,23-,24-,25-,34?/m1/s1. The number of aliphatic carboxylic acids is 1. The van der Waals surface area contributed by atoms with Crippen LogP contribution in [0.5, 0.6) is 11.6 Å². The predicted octanol–water partition coefficient (Wildman–Crippen LogP) is 4.55. The Morgan fingerprint density at radius 2 is 1.86 bits per heavy atom. The van der Waals surface area contributed by atoms with Gasteiger partial charge in [-0.15, -0.1) is 0 Å². The topological polar surface area (TPSA) is 131 Å². The first-order valence-corrected chi connectivity index (χ1v) is 15.3. The van der Waals surface area contributed by atoms with E-state index < -0.39 is 35.4 Å². The number of carboxylic acid groups (broad SMARTS) is 1. The Kier molecular flexibility index (Phi) is 8.00. The second-order valence-corrected chi connectivity index (χ2v) is 12.2. The van der Waals surface area contributed by atoms with Gasteiger partial charge < -0.3 is 24.8 Å². The highest BCUT2D eigenvalue weighted by Crippen LogP contribution is 2.46. The molecule has 0 bridgehead atoms. The van der Waals surface area contributed by atoms with Crippen LogP contribution in [0.4, 0.5) is 0 Å². The molecule has 2 aliphatic carbocycles. The van der Waals surface area contributed by atoms with Crippen molar-refractivity contribution in [2.75, 3.05) is 20.7 Å². The number of nitrogens with one attached hydrogen (secondary N) is 1. The van der Waals surface area contributed by atoms with Gasteiger partial charge in [-0.1, -0.05) is 42.5 Å². The lowest BCUT2D eigenvalue weighted by Crippen LogP contribution is -2.49. The number of aryl methyl sites for hydroxylation is 1. The highest BCUT2D eigenvalue weighted by Gasteiger charge is 2.61. The van der Waals surface area contributed by atoms with Crippen molar-refractivity contribution in [1.82, 2.24) is 20.2 Å². The zero-order chi connectivity index (χ0) is 31.0. The zero-order valence-electron chi connectivity index (χ0n) is 25.3. The summed E-state index contributed by atoms with van der Waals surface area (Å²) >= 11 is 0. The van der Waals surface area contributed by atoms with Crippen LogP contribution >= 0.6 is 0 Å². The fourth-order valence-corrected chi connectivity index (χ4v) is 6.61. The molecule has 10 nitrogen and oxygen atoms in total. The van der Waals surface area contributed by atoms with E-state index in [1.807, 2.05) is 61.5 Å². The van der Waals surface area contributed by atoms with Crippen LogP contribution in [-0.4, -0.2) is 70.1 Å². The maximum absolute atomic E-state index is 13.8. The van der Waals surface area contributed by atoms with Crippen LogP contribution in [0.25, 0.3) is 22.3 Å². The number of amides is 2. The number of carbonyl (C=O) groups excluding carboxylic acids is 2. The third-order valence-electron chi connectivity index (χ3n) is 9.26. The lowest BCUT2D eigenvalue weighted by molar-refractivity contribution is -0.145. The molecular weight excluding hydrogens is 560 g/mol. The van der Waals surface area contributed by atoms with Crippen molar-refractivity contribution in [3.05, 3.63) is 60.2 Å². The van der Waals surface area contributed by atoms with Crippen molar-refractivity contribution in [3.8, 4) is 23.0 Å². The summed E-state index contributed by atoms with van der Waals surface area (Å²) in [7, 11) is 3.38. The Morgan fingerprint density at radius 1 is 1.09 bits per heavy atom. The summed E-state index contributed by atoms with van der Waals surface area (Å²) in [5, 5.41) is 13.6. The van der Waals surface area contributed by atoms with Gasteiger partial charge in [0.2, 0.25) is 17.7 Å². The van der Waals surface area contributed by atoms with E-state index in [4.69, 9.17) is 19.4 Å². The molecule has 2 amide bonds. The van der Waals surface area contributed by atoms with E-state index in [1.54, 1.807) is 19.1 Å². The van der Waals surface area contributed by atoms with Crippen molar-refractivity contribution < 1.29 is 29.0 Å². The molecule has 1 unspecified atom stereocenters. The molecule has 0 saturated heterocycles. The minimum atomic E-state index is -1.33. The summed E-state index contributed by atoms with van der Waals surface area (Å²) in [6, 6.07) is 13.4. The van der Waals surface area contributed by atoms with Gasteiger partial charge in [-0.3, -0.25) is 9.59 Å². The largest absolute Gasteiger partial charge is 0.496 e. The molecule has 3 aromatic rings. The number of ether oxygens (including phenoxy) is 2. The quantitative estimate of drug-likeness (QED) is 0.409. The Balaban J connectivity index is 1.34. The molecule has 6 rings (SSSR count). The molecule has 1 aliphatic heterocycles. The van der Waals surface area contributed by atoms with Gasteiger partial charge in [0.05, 0.1) is 29.8 Å². The van der Waals surface area contributed by atoms with Gasteiger partial charge in [-0.2, -0.15) is 4.98 Å². The summed E-state index contributed by atoms with van der Waals surface area (Å²) in [5.74, 6) is -1.69. The average molecular weight is 599 g/mol. The van der Waals surface area contributed by atoms with Crippen LogP contribution in [-0.2, 0) is 14.4 Å². The SMILES string of the molecule is COc1cc2nc(-c3ccccc3)nc(O[C@@H]3C[C@H]4C(=O)NC5(C(=O)O)C[C@H]5/C=C\CCCCN(C)C(=O)[C@@H]4C3)c2cc1C. The number of allylic oxidation sites excluding steroid dienone is 1. The molecule has 230 valence electrons. The van der Waals surface area contributed by atoms with Gasteiger partial charge in [0.25, 0.3) is 0 Å². The van der Waals surface area contributed by atoms with E-state index in [9.17, 15) is 19.5 Å². The van der Waals surface area contributed by atoms with E-state index in [0.717, 1.165) is 30.4 Å². The number of hydrogen-bond donors (Lipinski definition) is 2. The predicted molar refractivity (Wildman–Crippen MR) is 164 cm³/mol. The van der Waals surface area contributed by atoms with Gasteiger partial charge in [-0.25, -0.2) is 9.78 Å². The third-order valence-corrected chi connectivity index (χ3v) is 9.26. The zero-order valence-corrected chi connectivity index (χ0v) is 25.3. The number of fused-ring (bicyclic) bond motifs is 3. The van der Waals surface area contributed by atoms with E-state index in [1.165, 1.54) is 0 Å². The monoisotopic (exact) mass is 598 g/mol. The fraction of sp³-hybridized carbons (Fsp3) is 0.441. The molecule has 0 spiro atoms. The van der Waals surface area contributed by atoms with E-state index in [2.05, 4.69) is 5.32 Å². The summed E-state index contributed by atoms with van der Waals surface area (Å²) < 4.78 is 12.1. The number of benzene rings is 2. The number of rotatable bonds is 5. The molecule has 0 radical (unpaired) electrons. The number of aromatic nitrogens is 2. The molecule has 2 aromatic carbocycles. The van der Waals surface area contributed by atoms with Gasteiger partial charge in [-0.05, 0) is 57.1 Å². The maximum atomic E-state index is 13.8. The molecule has 5 atom stereocenters. The number of nitrogens with zero attached hydrogens (tertiary/aromatic N) is 3.